The topological polar surface area (TPSA) is 64.3 Å². The van der Waals surface area contributed by atoms with Crippen LogP contribution in [0.4, 0.5) is 0 Å². The Bertz CT molecular complexity index is 371. The first-order valence-corrected chi connectivity index (χ1v) is 5.31. The Hall–Kier alpha value is -1.26. The lowest BCUT2D eigenvalue weighted by molar-refractivity contribution is -0.121. The van der Waals surface area contributed by atoms with E-state index >= 15 is 0 Å². The van der Waals surface area contributed by atoms with Crippen molar-refractivity contribution in [3.63, 3.8) is 0 Å². The zero-order valence-electron chi connectivity index (χ0n) is 9.34. The van der Waals surface area contributed by atoms with Crippen LogP contribution >= 0.6 is 11.6 Å². The van der Waals surface area contributed by atoms with Crippen LogP contribution in [0.1, 0.15) is 17.5 Å². The smallest absolute Gasteiger partial charge is 0.237 e. The van der Waals surface area contributed by atoms with E-state index in [0.29, 0.717) is 12.4 Å². The summed E-state index contributed by atoms with van der Waals surface area (Å²) in [7, 11) is 0. The molecule has 0 heterocycles. The van der Waals surface area contributed by atoms with Crippen molar-refractivity contribution >= 4 is 17.5 Å². The van der Waals surface area contributed by atoms with Gasteiger partial charge in [0.15, 0.2) is 0 Å². The molecule has 1 aromatic rings. The standard InChI is InChI=1S/C11H15ClN2O2/c1-7-5-9(6-8(2)11(7)12)16-4-3-10(15)14-13/h5-6H,3-4,13H2,1-2H3,(H,14,15). The second-order valence-electron chi connectivity index (χ2n) is 3.54. The zero-order valence-corrected chi connectivity index (χ0v) is 10.1. The maximum absolute atomic E-state index is 10.9. The minimum absolute atomic E-state index is 0.233. The molecular weight excluding hydrogens is 228 g/mol. The second kappa shape index (κ2) is 5.72. The molecule has 1 rings (SSSR count). The number of halogens is 1. The summed E-state index contributed by atoms with van der Waals surface area (Å²) < 4.78 is 5.42. The molecule has 4 nitrogen and oxygen atoms in total. The lowest BCUT2D eigenvalue weighted by Crippen LogP contribution is -2.31. The quantitative estimate of drug-likeness (QED) is 0.480. The molecule has 16 heavy (non-hydrogen) atoms. The molecule has 0 fully saturated rings. The molecule has 5 heteroatoms. The number of carbonyl (C=O) groups is 1. The normalized spacial score (nSPS) is 10.0. The molecule has 0 aliphatic heterocycles. The molecule has 1 aromatic carbocycles. The Morgan fingerprint density at radius 1 is 1.44 bits per heavy atom. The molecule has 0 spiro atoms. The first kappa shape index (κ1) is 12.8. The predicted octanol–water partition coefficient (Wildman–Crippen LogP) is 1.72. The fraction of sp³-hybridized carbons (Fsp3) is 0.364. The van der Waals surface area contributed by atoms with Gasteiger partial charge in [0.1, 0.15) is 5.75 Å². The van der Waals surface area contributed by atoms with Crippen LogP contribution in [0.5, 0.6) is 5.75 Å². The molecule has 0 aromatic heterocycles. The molecular formula is C11H15ClN2O2. The van der Waals surface area contributed by atoms with Gasteiger partial charge in [0.05, 0.1) is 13.0 Å². The Labute approximate surface area is 99.7 Å². The Kier molecular flexibility index (Phi) is 4.58. The Morgan fingerprint density at radius 3 is 2.50 bits per heavy atom. The van der Waals surface area contributed by atoms with E-state index in [4.69, 9.17) is 22.2 Å². The van der Waals surface area contributed by atoms with Crippen LogP contribution in [-0.2, 0) is 4.79 Å². The monoisotopic (exact) mass is 242 g/mol. The predicted molar refractivity (Wildman–Crippen MR) is 63.4 cm³/mol. The van der Waals surface area contributed by atoms with Gasteiger partial charge in [-0.25, -0.2) is 5.84 Å². The maximum atomic E-state index is 10.9. The number of nitrogens with two attached hydrogens (primary N) is 1. The van der Waals surface area contributed by atoms with Gasteiger partial charge in [-0.3, -0.25) is 10.2 Å². The highest BCUT2D eigenvalue weighted by Crippen LogP contribution is 2.25. The van der Waals surface area contributed by atoms with Crippen molar-refractivity contribution in [2.45, 2.75) is 20.3 Å². The molecule has 88 valence electrons. The average Bonchev–Trinajstić information content (AvgIpc) is 2.25. The second-order valence-corrected chi connectivity index (χ2v) is 3.91. The van der Waals surface area contributed by atoms with E-state index in [-0.39, 0.29) is 12.3 Å². The number of nitrogens with one attached hydrogen (secondary N) is 1. The molecule has 0 aliphatic carbocycles. The van der Waals surface area contributed by atoms with Crippen LogP contribution in [0.2, 0.25) is 5.02 Å². The van der Waals surface area contributed by atoms with Crippen molar-refractivity contribution in [1.82, 2.24) is 5.43 Å². The minimum atomic E-state index is -0.248. The van der Waals surface area contributed by atoms with E-state index in [0.717, 1.165) is 16.1 Å². The van der Waals surface area contributed by atoms with E-state index in [1.807, 2.05) is 31.4 Å². The number of rotatable bonds is 4. The third-order valence-electron chi connectivity index (χ3n) is 2.17. The number of hydrazine groups is 1. The number of ether oxygens (including phenoxy) is 1. The average molecular weight is 243 g/mol. The van der Waals surface area contributed by atoms with E-state index in [1.165, 1.54) is 0 Å². The van der Waals surface area contributed by atoms with Crippen LogP contribution in [-0.4, -0.2) is 12.5 Å². The number of amides is 1. The number of hydrogen-bond donors (Lipinski definition) is 2. The van der Waals surface area contributed by atoms with Gasteiger partial charge < -0.3 is 4.74 Å². The third kappa shape index (κ3) is 3.40. The fourth-order valence-electron chi connectivity index (χ4n) is 1.32. The highest BCUT2D eigenvalue weighted by Gasteiger charge is 2.04. The van der Waals surface area contributed by atoms with Crippen molar-refractivity contribution in [3.05, 3.63) is 28.3 Å². The zero-order chi connectivity index (χ0) is 12.1. The largest absolute Gasteiger partial charge is 0.493 e. The molecule has 0 unspecified atom stereocenters. The molecule has 0 aliphatic rings. The van der Waals surface area contributed by atoms with Crippen LogP contribution in [0.15, 0.2) is 12.1 Å². The van der Waals surface area contributed by atoms with Crippen molar-refractivity contribution in [3.8, 4) is 5.75 Å². The number of benzene rings is 1. The molecule has 1 amide bonds. The Morgan fingerprint density at radius 2 is 2.00 bits per heavy atom. The van der Waals surface area contributed by atoms with Gasteiger partial charge in [0.2, 0.25) is 5.91 Å². The highest BCUT2D eigenvalue weighted by atomic mass is 35.5. The SMILES string of the molecule is Cc1cc(OCCC(=O)NN)cc(C)c1Cl. The highest BCUT2D eigenvalue weighted by molar-refractivity contribution is 6.32. The molecule has 0 radical (unpaired) electrons. The van der Waals surface area contributed by atoms with Gasteiger partial charge in [-0.15, -0.1) is 0 Å². The van der Waals surface area contributed by atoms with E-state index in [9.17, 15) is 4.79 Å². The van der Waals surface area contributed by atoms with E-state index in [1.54, 1.807) is 0 Å². The molecule has 3 N–H and O–H groups in total. The van der Waals surface area contributed by atoms with Crippen LogP contribution in [0.3, 0.4) is 0 Å². The van der Waals surface area contributed by atoms with Crippen molar-refractivity contribution in [2.24, 2.45) is 5.84 Å². The van der Waals surface area contributed by atoms with Crippen LogP contribution in [0, 0.1) is 13.8 Å². The first-order valence-electron chi connectivity index (χ1n) is 4.93. The molecule has 0 atom stereocenters. The number of hydrogen-bond acceptors (Lipinski definition) is 3. The van der Waals surface area contributed by atoms with Gasteiger partial charge in [-0.05, 0) is 37.1 Å². The number of carbonyl (C=O) groups excluding carboxylic acids is 1. The summed E-state index contributed by atoms with van der Waals surface area (Å²) in [6.07, 6.45) is 0.233. The minimum Gasteiger partial charge on any atom is -0.493 e. The van der Waals surface area contributed by atoms with Crippen LogP contribution < -0.4 is 16.0 Å². The summed E-state index contributed by atoms with van der Waals surface area (Å²) in [6.45, 7) is 4.12. The summed E-state index contributed by atoms with van der Waals surface area (Å²) in [6, 6.07) is 3.69. The van der Waals surface area contributed by atoms with Crippen molar-refractivity contribution in [2.75, 3.05) is 6.61 Å². The summed E-state index contributed by atoms with van der Waals surface area (Å²) in [5.74, 6) is 5.41. The lowest BCUT2D eigenvalue weighted by Gasteiger charge is -2.09. The molecule has 0 saturated carbocycles. The van der Waals surface area contributed by atoms with Gasteiger partial charge in [0.25, 0.3) is 0 Å². The first-order chi connectivity index (χ1) is 7.54. The maximum Gasteiger partial charge on any atom is 0.237 e. The van der Waals surface area contributed by atoms with E-state index in [2.05, 4.69) is 0 Å². The summed E-state index contributed by atoms with van der Waals surface area (Å²) in [5, 5.41) is 0.743. The van der Waals surface area contributed by atoms with Gasteiger partial charge in [-0.2, -0.15) is 0 Å². The fourth-order valence-corrected chi connectivity index (χ4v) is 1.43. The van der Waals surface area contributed by atoms with Gasteiger partial charge >= 0.3 is 0 Å². The van der Waals surface area contributed by atoms with E-state index < -0.39 is 0 Å². The van der Waals surface area contributed by atoms with Crippen molar-refractivity contribution in [1.29, 1.82) is 0 Å². The lowest BCUT2D eigenvalue weighted by atomic mass is 10.1. The molecule has 0 bridgehead atoms. The molecule has 0 saturated heterocycles. The van der Waals surface area contributed by atoms with Gasteiger partial charge in [-0.1, -0.05) is 11.6 Å². The van der Waals surface area contributed by atoms with Crippen molar-refractivity contribution < 1.29 is 9.53 Å². The Balaban J connectivity index is 2.58. The summed E-state index contributed by atoms with van der Waals surface area (Å²) in [4.78, 5) is 10.9. The van der Waals surface area contributed by atoms with Crippen LogP contribution in [0.25, 0.3) is 0 Å². The number of aryl methyl sites for hydroxylation is 2. The summed E-state index contributed by atoms with van der Waals surface area (Å²) in [5.41, 5.74) is 3.96. The van der Waals surface area contributed by atoms with Gasteiger partial charge in [0, 0.05) is 5.02 Å². The summed E-state index contributed by atoms with van der Waals surface area (Å²) >= 11 is 6.02. The third-order valence-corrected chi connectivity index (χ3v) is 2.76.